The van der Waals surface area contributed by atoms with E-state index in [2.05, 4.69) is 53.2 Å². The standard InChI is InChI=1S/C28H39N3O4/c1-20(2)17-30-12-13-35-23(18-30)16-29-27(32)19-31-11-10-22-14-25(33-3)26(34-4)15-24(22)28(31)21-8-6-5-7-9-21/h5-9,14-15,20,23,28H,10-13,16-19H2,1-4H3,(H,29,32)/t23-,28-/m0/s1. The number of rotatable bonds is 9. The van der Waals surface area contributed by atoms with E-state index in [9.17, 15) is 4.79 Å². The first-order valence-corrected chi connectivity index (χ1v) is 12.6. The molecule has 2 aromatic carbocycles. The van der Waals surface area contributed by atoms with E-state index in [0.29, 0.717) is 24.8 Å². The minimum atomic E-state index is -0.0297. The maximum atomic E-state index is 13.1. The van der Waals surface area contributed by atoms with E-state index in [1.807, 2.05) is 18.2 Å². The van der Waals surface area contributed by atoms with E-state index < -0.39 is 0 Å². The Labute approximate surface area is 209 Å². The molecule has 0 unspecified atom stereocenters. The summed E-state index contributed by atoms with van der Waals surface area (Å²) < 4.78 is 17.1. The van der Waals surface area contributed by atoms with Crippen molar-refractivity contribution in [3.05, 3.63) is 59.2 Å². The molecule has 0 saturated carbocycles. The van der Waals surface area contributed by atoms with E-state index in [0.717, 1.165) is 56.1 Å². The smallest absolute Gasteiger partial charge is 0.234 e. The Morgan fingerprint density at radius 2 is 1.86 bits per heavy atom. The van der Waals surface area contributed by atoms with E-state index >= 15 is 0 Å². The lowest BCUT2D eigenvalue weighted by molar-refractivity contribution is -0.124. The van der Waals surface area contributed by atoms with Crippen LogP contribution in [0.2, 0.25) is 0 Å². The minimum absolute atomic E-state index is 0.0273. The molecule has 2 heterocycles. The number of carbonyl (C=O) groups excluding carboxylic acids is 1. The number of hydrogen-bond donors (Lipinski definition) is 1. The molecular formula is C28H39N3O4. The van der Waals surface area contributed by atoms with Crippen molar-refractivity contribution in [2.24, 2.45) is 5.92 Å². The molecule has 0 spiro atoms. The van der Waals surface area contributed by atoms with E-state index in [1.54, 1.807) is 14.2 Å². The number of nitrogens with one attached hydrogen (secondary N) is 1. The molecule has 190 valence electrons. The number of nitrogens with zero attached hydrogens (tertiary/aromatic N) is 2. The zero-order valence-corrected chi connectivity index (χ0v) is 21.5. The van der Waals surface area contributed by atoms with Crippen LogP contribution in [0.25, 0.3) is 0 Å². The number of amides is 1. The molecule has 1 amide bonds. The van der Waals surface area contributed by atoms with Gasteiger partial charge in [0.05, 0.1) is 39.5 Å². The van der Waals surface area contributed by atoms with Gasteiger partial charge in [0.1, 0.15) is 0 Å². The number of methoxy groups -OCH3 is 2. The van der Waals surface area contributed by atoms with Gasteiger partial charge in [0, 0.05) is 32.7 Å². The van der Waals surface area contributed by atoms with Gasteiger partial charge in [0.15, 0.2) is 11.5 Å². The monoisotopic (exact) mass is 481 g/mol. The molecule has 1 fully saturated rings. The van der Waals surface area contributed by atoms with Crippen LogP contribution in [0.4, 0.5) is 0 Å². The highest BCUT2D eigenvalue weighted by atomic mass is 16.5. The summed E-state index contributed by atoms with van der Waals surface area (Å²) in [6, 6.07) is 14.5. The summed E-state index contributed by atoms with van der Waals surface area (Å²) in [6.45, 7) is 9.74. The predicted molar refractivity (Wildman–Crippen MR) is 137 cm³/mol. The fourth-order valence-corrected chi connectivity index (χ4v) is 5.25. The number of hydrogen-bond acceptors (Lipinski definition) is 6. The van der Waals surface area contributed by atoms with E-state index in [1.165, 1.54) is 5.56 Å². The van der Waals surface area contributed by atoms with E-state index in [-0.39, 0.29) is 18.1 Å². The molecule has 0 bridgehead atoms. The van der Waals surface area contributed by atoms with Gasteiger partial charge in [-0.3, -0.25) is 14.6 Å². The lowest BCUT2D eigenvalue weighted by atomic mass is 9.87. The molecule has 7 heteroatoms. The van der Waals surface area contributed by atoms with Gasteiger partial charge in [0.2, 0.25) is 5.91 Å². The molecule has 4 rings (SSSR count). The van der Waals surface area contributed by atoms with Gasteiger partial charge in [-0.15, -0.1) is 0 Å². The molecule has 0 aliphatic carbocycles. The summed E-state index contributed by atoms with van der Waals surface area (Å²) in [5.41, 5.74) is 3.55. The third kappa shape index (κ3) is 6.34. The first kappa shape index (κ1) is 25.5. The van der Waals surface area contributed by atoms with Gasteiger partial charge in [-0.05, 0) is 41.2 Å². The summed E-state index contributed by atoms with van der Waals surface area (Å²) >= 11 is 0. The molecule has 2 aliphatic rings. The summed E-state index contributed by atoms with van der Waals surface area (Å²) in [5, 5.41) is 3.13. The molecule has 0 aromatic heterocycles. The van der Waals surface area contributed by atoms with Crippen molar-refractivity contribution in [1.29, 1.82) is 0 Å². The van der Waals surface area contributed by atoms with Gasteiger partial charge in [-0.25, -0.2) is 0 Å². The van der Waals surface area contributed by atoms with Crippen molar-refractivity contribution in [3.8, 4) is 11.5 Å². The number of benzene rings is 2. The van der Waals surface area contributed by atoms with Crippen molar-refractivity contribution in [1.82, 2.24) is 15.1 Å². The zero-order chi connectivity index (χ0) is 24.8. The van der Waals surface area contributed by atoms with Gasteiger partial charge < -0.3 is 19.5 Å². The number of fused-ring (bicyclic) bond motifs is 1. The summed E-state index contributed by atoms with van der Waals surface area (Å²) in [5.74, 6) is 2.10. The molecule has 35 heavy (non-hydrogen) atoms. The largest absolute Gasteiger partial charge is 0.493 e. The van der Waals surface area contributed by atoms with Gasteiger partial charge in [-0.2, -0.15) is 0 Å². The topological polar surface area (TPSA) is 63.3 Å². The van der Waals surface area contributed by atoms with Crippen molar-refractivity contribution in [2.75, 3.05) is 60.1 Å². The van der Waals surface area contributed by atoms with Crippen molar-refractivity contribution < 1.29 is 19.0 Å². The number of ether oxygens (including phenoxy) is 3. The second-order valence-corrected chi connectivity index (χ2v) is 9.89. The fourth-order valence-electron chi connectivity index (χ4n) is 5.25. The Balaban J connectivity index is 1.46. The van der Waals surface area contributed by atoms with Crippen molar-refractivity contribution in [2.45, 2.75) is 32.4 Å². The third-order valence-electron chi connectivity index (χ3n) is 6.81. The number of morpholine rings is 1. The summed E-state index contributed by atoms with van der Waals surface area (Å²) in [4.78, 5) is 17.7. The van der Waals surface area contributed by atoms with Crippen LogP contribution in [0.15, 0.2) is 42.5 Å². The van der Waals surface area contributed by atoms with Crippen LogP contribution in [0.3, 0.4) is 0 Å². The van der Waals surface area contributed by atoms with Crippen LogP contribution < -0.4 is 14.8 Å². The van der Waals surface area contributed by atoms with Crippen LogP contribution in [0, 0.1) is 5.92 Å². The summed E-state index contributed by atoms with van der Waals surface area (Å²) in [7, 11) is 3.32. The molecule has 1 N–H and O–H groups in total. The lowest BCUT2D eigenvalue weighted by Gasteiger charge is -2.38. The maximum Gasteiger partial charge on any atom is 0.234 e. The quantitative estimate of drug-likeness (QED) is 0.594. The minimum Gasteiger partial charge on any atom is -0.493 e. The SMILES string of the molecule is COc1cc2c(cc1OC)[C@H](c1ccccc1)N(CC(=O)NC[C@H]1CN(CC(C)C)CCO1)CC2. The van der Waals surface area contributed by atoms with Crippen LogP contribution in [-0.2, 0) is 16.0 Å². The predicted octanol–water partition coefficient (Wildman–Crippen LogP) is 3.12. The first-order valence-electron chi connectivity index (χ1n) is 12.6. The molecule has 2 aliphatic heterocycles. The van der Waals surface area contributed by atoms with Crippen molar-refractivity contribution >= 4 is 5.91 Å². The van der Waals surface area contributed by atoms with Gasteiger partial charge >= 0.3 is 0 Å². The highest BCUT2D eigenvalue weighted by Gasteiger charge is 2.32. The number of carbonyl (C=O) groups is 1. The average Bonchev–Trinajstić information content (AvgIpc) is 2.87. The lowest BCUT2D eigenvalue weighted by Crippen LogP contribution is -2.50. The molecule has 7 nitrogen and oxygen atoms in total. The highest BCUT2D eigenvalue weighted by molar-refractivity contribution is 5.78. The van der Waals surface area contributed by atoms with Crippen LogP contribution in [-0.4, -0.2) is 81.9 Å². The average molecular weight is 482 g/mol. The molecule has 1 saturated heterocycles. The zero-order valence-electron chi connectivity index (χ0n) is 21.5. The van der Waals surface area contributed by atoms with Gasteiger partial charge in [0.25, 0.3) is 0 Å². The van der Waals surface area contributed by atoms with Crippen LogP contribution >= 0.6 is 0 Å². The van der Waals surface area contributed by atoms with Crippen LogP contribution in [0.5, 0.6) is 11.5 Å². The molecule has 2 aromatic rings. The Morgan fingerprint density at radius 1 is 1.11 bits per heavy atom. The third-order valence-corrected chi connectivity index (χ3v) is 6.81. The first-order chi connectivity index (χ1) is 17.0. The summed E-state index contributed by atoms with van der Waals surface area (Å²) in [6.07, 6.45) is 0.887. The maximum absolute atomic E-state index is 13.1. The highest BCUT2D eigenvalue weighted by Crippen LogP contribution is 2.40. The molecular weight excluding hydrogens is 442 g/mol. The van der Waals surface area contributed by atoms with Crippen LogP contribution in [0.1, 0.15) is 36.6 Å². The second kappa shape index (κ2) is 11.9. The Bertz CT molecular complexity index is 982. The van der Waals surface area contributed by atoms with Crippen molar-refractivity contribution in [3.63, 3.8) is 0 Å². The molecule has 0 radical (unpaired) electrons. The Hall–Kier alpha value is -2.61. The van der Waals surface area contributed by atoms with Gasteiger partial charge in [-0.1, -0.05) is 44.2 Å². The molecule has 2 atom stereocenters. The Kier molecular flexibility index (Phi) is 8.65. The normalized spacial score (nSPS) is 20.9. The fraction of sp³-hybridized carbons (Fsp3) is 0.536. The Morgan fingerprint density at radius 3 is 2.57 bits per heavy atom. The van der Waals surface area contributed by atoms with E-state index in [4.69, 9.17) is 14.2 Å². The second-order valence-electron chi connectivity index (χ2n) is 9.89.